The Hall–Kier alpha value is -3.65. The molecule has 1 atom stereocenters. The molecule has 3 aromatic carbocycles. The van der Waals surface area contributed by atoms with Gasteiger partial charge in [0.2, 0.25) is 0 Å². The van der Waals surface area contributed by atoms with Crippen molar-refractivity contribution in [1.82, 2.24) is 4.90 Å². The number of hydrogen-bond donors (Lipinski definition) is 1. The predicted octanol–water partition coefficient (Wildman–Crippen LogP) is 5.29. The van der Waals surface area contributed by atoms with Gasteiger partial charge in [0.1, 0.15) is 23.8 Å². The van der Waals surface area contributed by atoms with E-state index in [4.69, 9.17) is 21.1 Å². The van der Waals surface area contributed by atoms with Gasteiger partial charge in [-0.05, 0) is 54.4 Å². The molecule has 188 valence electrons. The number of nitrogens with zero attached hydrogens (tertiary/aromatic N) is 1. The van der Waals surface area contributed by atoms with Crippen LogP contribution in [0.4, 0.5) is 8.78 Å². The minimum absolute atomic E-state index is 0.0357. The first-order chi connectivity index (χ1) is 17.1. The lowest BCUT2D eigenvalue weighted by Crippen LogP contribution is -2.35. The summed E-state index contributed by atoms with van der Waals surface area (Å²) in [5.41, 5.74) is 1.35. The number of carboxylic acids is 1. The normalized spacial score (nSPS) is 16.2. The first-order valence-electron chi connectivity index (χ1n) is 11.2. The highest BCUT2D eigenvalue weighted by Crippen LogP contribution is 2.44. The molecule has 0 saturated heterocycles. The Morgan fingerprint density at radius 2 is 1.92 bits per heavy atom. The van der Waals surface area contributed by atoms with E-state index < -0.39 is 35.7 Å². The van der Waals surface area contributed by atoms with Crippen molar-refractivity contribution in [3.8, 4) is 11.5 Å². The number of carbonyl (C=O) groups is 2. The number of fused-ring (bicyclic) bond motifs is 1. The highest BCUT2D eigenvalue weighted by Gasteiger charge is 2.38. The van der Waals surface area contributed by atoms with Gasteiger partial charge in [-0.3, -0.25) is 9.59 Å². The van der Waals surface area contributed by atoms with Crippen molar-refractivity contribution in [2.75, 3.05) is 13.7 Å². The lowest BCUT2D eigenvalue weighted by atomic mass is 9.91. The number of ether oxygens (including phenoxy) is 2. The second kappa shape index (κ2) is 10.1. The molecule has 0 aromatic heterocycles. The molecule has 0 saturated carbocycles. The van der Waals surface area contributed by atoms with Crippen molar-refractivity contribution in [2.24, 2.45) is 0 Å². The summed E-state index contributed by atoms with van der Waals surface area (Å²) in [6.45, 7) is 1.23. The highest BCUT2D eigenvalue weighted by atomic mass is 35.5. The molecule has 1 aliphatic heterocycles. The van der Waals surface area contributed by atoms with Crippen LogP contribution in [-0.2, 0) is 24.2 Å². The lowest BCUT2D eigenvalue weighted by molar-refractivity contribution is -0.137. The van der Waals surface area contributed by atoms with Crippen LogP contribution in [0.5, 0.6) is 11.5 Å². The van der Waals surface area contributed by atoms with Crippen LogP contribution in [0, 0.1) is 11.6 Å². The maximum atomic E-state index is 13.9. The van der Waals surface area contributed by atoms with Gasteiger partial charge in [-0.15, -0.1) is 0 Å². The number of rotatable bonds is 8. The quantitative estimate of drug-likeness (QED) is 0.441. The van der Waals surface area contributed by atoms with Gasteiger partial charge in [0.15, 0.2) is 11.5 Å². The standard InChI is InChI=1S/C27H24ClF2NO5/c1-27(12-16-6-7-21(28)22(30)9-16)13-19-10-18(11-23(35-2)25(19)36-27)26(34)31(15-24(32)33)14-17-4-3-5-20(29)8-17/h3-11H,12-15H2,1-2H3,(H,32,33). The van der Waals surface area contributed by atoms with E-state index >= 15 is 0 Å². The zero-order chi connectivity index (χ0) is 26.0. The maximum absolute atomic E-state index is 13.9. The fraction of sp³-hybridized carbons (Fsp3) is 0.259. The Kier molecular flexibility index (Phi) is 7.17. The van der Waals surface area contributed by atoms with E-state index in [1.165, 1.54) is 43.5 Å². The number of halogens is 3. The van der Waals surface area contributed by atoms with E-state index in [2.05, 4.69) is 0 Å². The summed E-state index contributed by atoms with van der Waals surface area (Å²) < 4.78 is 39.3. The van der Waals surface area contributed by atoms with Crippen LogP contribution < -0.4 is 9.47 Å². The predicted molar refractivity (Wildman–Crippen MR) is 130 cm³/mol. The molecular weight excluding hydrogens is 492 g/mol. The third-order valence-corrected chi connectivity index (χ3v) is 6.26. The minimum Gasteiger partial charge on any atom is -0.493 e. The van der Waals surface area contributed by atoms with Gasteiger partial charge < -0.3 is 19.5 Å². The van der Waals surface area contributed by atoms with Crippen LogP contribution in [0.1, 0.15) is 34.0 Å². The average Bonchev–Trinajstić information content (AvgIpc) is 3.15. The van der Waals surface area contributed by atoms with Gasteiger partial charge in [-0.1, -0.05) is 29.8 Å². The largest absolute Gasteiger partial charge is 0.493 e. The summed E-state index contributed by atoms with van der Waals surface area (Å²) in [5.74, 6) is -1.94. The number of aliphatic carboxylic acids is 1. The monoisotopic (exact) mass is 515 g/mol. The molecule has 0 fully saturated rings. The molecule has 1 N–H and O–H groups in total. The molecule has 1 amide bonds. The van der Waals surface area contributed by atoms with Gasteiger partial charge in [0, 0.05) is 30.5 Å². The molecule has 1 aliphatic rings. The van der Waals surface area contributed by atoms with Crippen LogP contribution in [0.3, 0.4) is 0 Å². The smallest absolute Gasteiger partial charge is 0.323 e. The summed E-state index contributed by atoms with van der Waals surface area (Å²) in [5, 5.41) is 9.40. The highest BCUT2D eigenvalue weighted by molar-refractivity contribution is 6.30. The molecule has 0 aliphatic carbocycles. The van der Waals surface area contributed by atoms with E-state index in [0.717, 1.165) is 4.90 Å². The molecule has 0 bridgehead atoms. The number of amides is 1. The third kappa shape index (κ3) is 5.60. The fourth-order valence-electron chi connectivity index (χ4n) is 4.45. The molecule has 0 spiro atoms. The molecule has 1 heterocycles. The Balaban J connectivity index is 1.61. The van der Waals surface area contributed by atoms with Crippen LogP contribution in [0.25, 0.3) is 0 Å². The van der Waals surface area contributed by atoms with Gasteiger partial charge in [-0.25, -0.2) is 8.78 Å². The second-order valence-electron chi connectivity index (χ2n) is 9.01. The summed E-state index contributed by atoms with van der Waals surface area (Å²) >= 11 is 5.79. The molecule has 1 unspecified atom stereocenters. The van der Waals surface area contributed by atoms with Crippen molar-refractivity contribution in [2.45, 2.75) is 31.9 Å². The number of methoxy groups -OCH3 is 1. The van der Waals surface area contributed by atoms with E-state index in [9.17, 15) is 23.5 Å². The number of carbonyl (C=O) groups excluding carboxylic acids is 1. The van der Waals surface area contributed by atoms with E-state index in [-0.39, 0.29) is 17.1 Å². The zero-order valence-corrected chi connectivity index (χ0v) is 20.4. The first kappa shape index (κ1) is 25.4. The number of benzene rings is 3. The summed E-state index contributed by atoms with van der Waals surface area (Å²) in [6, 6.07) is 13.4. The molecule has 9 heteroatoms. The van der Waals surface area contributed by atoms with Crippen LogP contribution in [-0.4, -0.2) is 41.1 Å². The Labute approximate surface area is 212 Å². The van der Waals surface area contributed by atoms with Crippen molar-refractivity contribution in [3.63, 3.8) is 0 Å². The number of carboxylic acid groups (broad SMARTS) is 1. The third-order valence-electron chi connectivity index (χ3n) is 5.95. The van der Waals surface area contributed by atoms with Crippen LogP contribution >= 0.6 is 11.6 Å². The van der Waals surface area contributed by atoms with Gasteiger partial charge >= 0.3 is 5.97 Å². The van der Waals surface area contributed by atoms with Crippen LogP contribution in [0.2, 0.25) is 5.02 Å². The van der Waals surface area contributed by atoms with E-state index in [0.29, 0.717) is 41.0 Å². The first-order valence-corrected chi connectivity index (χ1v) is 11.5. The van der Waals surface area contributed by atoms with Gasteiger partial charge in [0.25, 0.3) is 5.91 Å². The van der Waals surface area contributed by atoms with Gasteiger partial charge in [-0.2, -0.15) is 0 Å². The topological polar surface area (TPSA) is 76.1 Å². The molecule has 6 nitrogen and oxygen atoms in total. The van der Waals surface area contributed by atoms with Crippen molar-refractivity contribution < 1.29 is 33.0 Å². The Morgan fingerprint density at radius 1 is 1.14 bits per heavy atom. The number of hydrogen-bond acceptors (Lipinski definition) is 4. The maximum Gasteiger partial charge on any atom is 0.323 e. The van der Waals surface area contributed by atoms with E-state index in [1.807, 2.05) is 6.92 Å². The average molecular weight is 516 g/mol. The second-order valence-corrected chi connectivity index (χ2v) is 9.41. The summed E-state index contributed by atoms with van der Waals surface area (Å²) in [7, 11) is 1.44. The molecule has 0 radical (unpaired) electrons. The Bertz CT molecular complexity index is 1330. The van der Waals surface area contributed by atoms with Crippen molar-refractivity contribution in [3.05, 3.63) is 93.5 Å². The molecule has 36 heavy (non-hydrogen) atoms. The van der Waals surface area contributed by atoms with E-state index in [1.54, 1.807) is 18.2 Å². The molecule has 3 aromatic rings. The SMILES string of the molecule is COc1cc(C(=O)N(CC(=O)O)Cc2cccc(F)c2)cc2c1OC(C)(Cc1ccc(Cl)c(F)c1)C2. The van der Waals surface area contributed by atoms with Crippen molar-refractivity contribution in [1.29, 1.82) is 0 Å². The van der Waals surface area contributed by atoms with Gasteiger partial charge in [0.05, 0.1) is 12.1 Å². The Morgan fingerprint density at radius 3 is 2.58 bits per heavy atom. The zero-order valence-electron chi connectivity index (χ0n) is 19.7. The summed E-state index contributed by atoms with van der Waals surface area (Å²) in [4.78, 5) is 26.0. The minimum atomic E-state index is -1.20. The van der Waals surface area contributed by atoms with Crippen molar-refractivity contribution >= 4 is 23.5 Å². The lowest BCUT2D eigenvalue weighted by Gasteiger charge is -2.24. The molecular formula is C27H24ClF2NO5. The summed E-state index contributed by atoms with van der Waals surface area (Å²) in [6.07, 6.45) is 0.791. The molecule has 4 rings (SSSR count). The van der Waals surface area contributed by atoms with Crippen LogP contribution in [0.15, 0.2) is 54.6 Å². The fourth-order valence-corrected chi connectivity index (χ4v) is 4.57.